The lowest BCUT2D eigenvalue weighted by molar-refractivity contribution is 0.189. The van der Waals surface area contributed by atoms with Crippen LogP contribution >= 0.6 is 15.9 Å². The maximum absolute atomic E-state index is 11.5. The Morgan fingerprint density at radius 3 is 2.38 bits per heavy atom. The average Bonchev–Trinajstić information content (AvgIpc) is 1.67. The smallest absolute Gasteiger partial charge is 0.205 e. The topological polar surface area (TPSA) is 0 Å². The van der Waals surface area contributed by atoms with E-state index in [-0.39, 0.29) is 5.57 Å². The third-order valence-electron chi connectivity index (χ3n) is 0.743. The molecule has 0 atom stereocenters. The largest absolute Gasteiger partial charge is 0.259 e. The van der Waals surface area contributed by atoms with Gasteiger partial charge in [0.2, 0.25) is 0 Å². The highest BCUT2D eigenvalue weighted by Crippen LogP contribution is 2.06. The third kappa shape index (κ3) is 3.13. The van der Waals surface area contributed by atoms with Crippen LogP contribution in [0.4, 0.5) is 8.78 Å². The van der Waals surface area contributed by atoms with Gasteiger partial charge in [-0.15, -0.1) is 0 Å². The molecule has 8 heavy (non-hydrogen) atoms. The van der Waals surface area contributed by atoms with Crippen molar-refractivity contribution in [3.63, 3.8) is 0 Å². The van der Waals surface area contributed by atoms with Gasteiger partial charge in [0.25, 0.3) is 6.43 Å². The summed E-state index contributed by atoms with van der Waals surface area (Å²) in [6.45, 7) is 1.41. The molecule has 0 rings (SSSR count). The molecule has 0 nitrogen and oxygen atoms in total. The quantitative estimate of drug-likeness (QED) is 0.458. The Morgan fingerprint density at radius 1 is 1.75 bits per heavy atom. The zero-order chi connectivity index (χ0) is 6.57. The van der Waals surface area contributed by atoms with Crippen molar-refractivity contribution < 1.29 is 8.78 Å². The summed E-state index contributed by atoms with van der Waals surface area (Å²) >= 11 is 3.01. The molecule has 0 aliphatic carbocycles. The second-order valence-electron chi connectivity index (χ2n) is 1.40. The van der Waals surface area contributed by atoms with Crippen LogP contribution in [0.5, 0.6) is 0 Å². The van der Waals surface area contributed by atoms with Gasteiger partial charge in [-0.3, -0.25) is 0 Å². The molecule has 0 aliphatic heterocycles. The van der Waals surface area contributed by atoms with E-state index in [0.29, 0.717) is 5.33 Å². The van der Waals surface area contributed by atoms with E-state index >= 15 is 0 Å². The maximum atomic E-state index is 11.5. The van der Waals surface area contributed by atoms with E-state index in [2.05, 4.69) is 15.9 Å². The molecule has 0 unspecified atom stereocenters. The number of hydrogen-bond donors (Lipinski definition) is 0. The minimum atomic E-state index is -2.30. The van der Waals surface area contributed by atoms with E-state index < -0.39 is 6.43 Å². The van der Waals surface area contributed by atoms with Crippen LogP contribution in [-0.2, 0) is 0 Å². The fourth-order valence-corrected chi connectivity index (χ4v) is 0.721. The van der Waals surface area contributed by atoms with Gasteiger partial charge in [0, 0.05) is 5.33 Å². The van der Waals surface area contributed by atoms with Crippen LogP contribution in [0.3, 0.4) is 0 Å². The zero-order valence-electron chi connectivity index (χ0n) is 4.50. The van der Waals surface area contributed by atoms with Gasteiger partial charge >= 0.3 is 0 Å². The van der Waals surface area contributed by atoms with E-state index in [0.717, 1.165) is 0 Å². The molecule has 0 amide bonds. The highest BCUT2D eigenvalue weighted by molar-refractivity contribution is 9.09. The van der Waals surface area contributed by atoms with Crippen LogP contribution in [0.2, 0.25) is 0 Å². The van der Waals surface area contributed by atoms with E-state index in [9.17, 15) is 8.78 Å². The lowest BCUT2D eigenvalue weighted by Gasteiger charge is -1.93. The van der Waals surface area contributed by atoms with Crippen LogP contribution in [-0.4, -0.2) is 11.8 Å². The Kier molecular flexibility index (Phi) is 4.05. The predicted octanol–water partition coefficient (Wildman–Crippen LogP) is 2.59. The average molecular weight is 185 g/mol. The predicted molar refractivity (Wildman–Crippen MR) is 33.6 cm³/mol. The summed E-state index contributed by atoms with van der Waals surface area (Å²) in [5.74, 6) is 0. The molecule has 0 aromatic heterocycles. The van der Waals surface area contributed by atoms with Gasteiger partial charge < -0.3 is 0 Å². The van der Waals surface area contributed by atoms with Gasteiger partial charge in [-0.1, -0.05) is 22.0 Å². The van der Waals surface area contributed by atoms with Crippen molar-refractivity contribution in [2.75, 3.05) is 5.33 Å². The van der Waals surface area contributed by atoms with Crippen molar-refractivity contribution in [2.45, 2.75) is 13.3 Å². The summed E-state index contributed by atoms with van der Waals surface area (Å²) in [6, 6.07) is 0. The number of alkyl halides is 3. The second-order valence-corrected chi connectivity index (χ2v) is 2.05. The van der Waals surface area contributed by atoms with Gasteiger partial charge in [0.15, 0.2) is 0 Å². The van der Waals surface area contributed by atoms with Gasteiger partial charge in [0.1, 0.15) is 0 Å². The summed E-state index contributed by atoms with van der Waals surface area (Å²) < 4.78 is 23.1. The van der Waals surface area contributed by atoms with Crippen LogP contribution in [0, 0.1) is 0 Å². The summed E-state index contributed by atoms with van der Waals surface area (Å²) in [5, 5.41) is 0.503. The molecular weight excluding hydrogens is 178 g/mol. The maximum Gasteiger partial charge on any atom is 0.259 e. The SMILES string of the molecule is CC(=CCBr)C(F)F. The molecule has 0 fully saturated rings. The zero-order valence-corrected chi connectivity index (χ0v) is 6.08. The summed E-state index contributed by atoms with van der Waals surface area (Å²) in [5.41, 5.74) is 0.127. The van der Waals surface area contributed by atoms with Crippen molar-refractivity contribution in [1.29, 1.82) is 0 Å². The van der Waals surface area contributed by atoms with Crippen molar-refractivity contribution in [3.8, 4) is 0 Å². The van der Waals surface area contributed by atoms with Crippen LogP contribution in [0.15, 0.2) is 11.6 Å². The summed E-state index contributed by atoms with van der Waals surface area (Å²) in [7, 11) is 0. The molecule has 0 aliphatic rings. The van der Waals surface area contributed by atoms with E-state index in [1.54, 1.807) is 0 Å². The minimum absolute atomic E-state index is 0.127. The Balaban J connectivity index is 3.61. The number of allylic oxidation sites excluding steroid dienone is 2. The molecule has 0 aromatic rings. The fourth-order valence-electron chi connectivity index (χ4n) is 0.211. The summed E-state index contributed by atoms with van der Waals surface area (Å²) in [4.78, 5) is 0. The molecule has 0 saturated carbocycles. The Morgan fingerprint density at radius 2 is 2.25 bits per heavy atom. The molecule has 0 bridgehead atoms. The van der Waals surface area contributed by atoms with Crippen molar-refractivity contribution in [3.05, 3.63) is 11.6 Å². The first-order chi connectivity index (χ1) is 3.68. The van der Waals surface area contributed by atoms with Crippen molar-refractivity contribution in [2.24, 2.45) is 0 Å². The van der Waals surface area contributed by atoms with E-state index in [1.165, 1.54) is 13.0 Å². The first-order valence-corrected chi connectivity index (χ1v) is 3.31. The normalized spacial score (nSPS) is 12.9. The fraction of sp³-hybridized carbons (Fsp3) is 0.600. The molecule has 0 saturated heterocycles. The molecule has 3 heteroatoms. The molecule has 0 heterocycles. The molecule has 0 aromatic carbocycles. The van der Waals surface area contributed by atoms with Crippen LogP contribution in [0.1, 0.15) is 6.92 Å². The Hall–Kier alpha value is 0.0800. The molecule has 0 N–H and O–H groups in total. The number of rotatable bonds is 2. The number of halogens is 3. The first-order valence-electron chi connectivity index (χ1n) is 2.19. The highest BCUT2D eigenvalue weighted by atomic mass is 79.9. The number of hydrogen-bond acceptors (Lipinski definition) is 0. The Bertz CT molecular complexity index is 88.4. The van der Waals surface area contributed by atoms with E-state index in [1.807, 2.05) is 0 Å². The monoisotopic (exact) mass is 184 g/mol. The van der Waals surface area contributed by atoms with E-state index in [4.69, 9.17) is 0 Å². The van der Waals surface area contributed by atoms with Crippen LogP contribution < -0.4 is 0 Å². The lowest BCUT2D eigenvalue weighted by atomic mass is 10.3. The minimum Gasteiger partial charge on any atom is -0.205 e. The van der Waals surface area contributed by atoms with Crippen LogP contribution in [0.25, 0.3) is 0 Å². The highest BCUT2D eigenvalue weighted by Gasteiger charge is 2.01. The van der Waals surface area contributed by atoms with Gasteiger partial charge in [-0.25, -0.2) is 8.78 Å². The molecule has 48 valence electrons. The van der Waals surface area contributed by atoms with Gasteiger partial charge in [-0.05, 0) is 12.5 Å². The molecule has 0 spiro atoms. The first kappa shape index (κ1) is 8.08. The Labute approximate surface area is 55.7 Å². The molecule has 0 radical (unpaired) electrons. The van der Waals surface area contributed by atoms with Gasteiger partial charge in [0.05, 0.1) is 0 Å². The molecular formula is C5H7BrF2. The van der Waals surface area contributed by atoms with Gasteiger partial charge in [-0.2, -0.15) is 0 Å². The lowest BCUT2D eigenvalue weighted by Crippen LogP contribution is -1.90. The summed E-state index contributed by atoms with van der Waals surface area (Å²) in [6.07, 6.45) is -0.849. The third-order valence-corrected chi connectivity index (χ3v) is 1.07. The van der Waals surface area contributed by atoms with Crippen molar-refractivity contribution in [1.82, 2.24) is 0 Å². The standard InChI is InChI=1S/C5H7BrF2/c1-4(2-3-6)5(7)8/h2,5H,3H2,1H3. The van der Waals surface area contributed by atoms with Crippen molar-refractivity contribution >= 4 is 15.9 Å². The second kappa shape index (κ2) is 4.01.